The zero-order valence-electron chi connectivity index (χ0n) is 15.1. The van der Waals surface area contributed by atoms with Gasteiger partial charge in [0.15, 0.2) is 0 Å². The molecule has 0 radical (unpaired) electrons. The topological polar surface area (TPSA) is 26.3 Å². The van der Waals surface area contributed by atoms with E-state index in [9.17, 15) is 4.79 Å². The second-order valence-electron chi connectivity index (χ2n) is 6.74. The minimum atomic E-state index is -0.212. The lowest BCUT2D eigenvalue weighted by molar-refractivity contribution is 0.0430. The van der Waals surface area contributed by atoms with Crippen LogP contribution >= 0.6 is 0 Å². The van der Waals surface area contributed by atoms with Crippen LogP contribution in [0.2, 0.25) is 0 Å². The number of unbranched alkanes of at least 4 members (excludes halogenated alkanes) is 1. The highest BCUT2D eigenvalue weighted by Crippen LogP contribution is 2.26. The molecule has 0 aromatic heterocycles. The van der Waals surface area contributed by atoms with Gasteiger partial charge in [-0.05, 0) is 52.1 Å². The number of carbonyl (C=O) groups excluding carboxylic acids is 1. The highest BCUT2D eigenvalue weighted by molar-refractivity contribution is 6.08. The second kappa shape index (κ2) is 8.15. The largest absolute Gasteiger partial charge is 0.462 e. The Kier molecular flexibility index (Phi) is 5.70. The summed E-state index contributed by atoms with van der Waals surface area (Å²) in [6.07, 6.45) is 4.55. The maximum absolute atomic E-state index is 12.7. The van der Waals surface area contributed by atoms with E-state index in [1.807, 2.05) is 24.3 Å². The van der Waals surface area contributed by atoms with Crippen LogP contribution in [-0.4, -0.2) is 12.6 Å². The molecule has 3 aromatic carbocycles. The first-order chi connectivity index (χ1) is 12.2. The van der Waals surface area contributed by atoms with E-state index in [4.69, 9.17) is 4.74 Å². The Morgan fingerprint density at radius 1 is 0.960 bits per heavy atom. The van der Waals surface area contributed by atoms with Crippen molar-refractivity contribution in [2.24, 2.45) is 5.92 Å². The number of carbonyl (C=O) groups is 1. The van der Waals surface area contributed by atoms with Crippen LogP contribution in [0.5, 0.6) is 0 Å². The smallest absolute Gasteiger partial charge is 0.338 e. The van der Waals surface area contributed by atoms with Crippen molar-refractivity contribution in [2.75, 3.05) is 6.61 Å². The maximum Gasteiger partial charge on any atom is 0.338 e. The van der Waals surface area contributed by atoms with E-state index in [2.05, 4.69) is 44.2 Å². The first-order valence-electron chi connectivity index (χ1n) is 9.31. The molecule has 3 rings (SSSR count). The first-order valence-corrected chi connectivity index (χ1v) is 9.31. The normalized spacial score (nSPS) is 12.4. The summed E-state index contributed by atoms with van der Waals surface area (Å²) in [7, 11) is 0. The van der Waals surface area contributed by atoms with Crippen LogP contribution in [0.25, 0.3) is 21.5 Å². The molecule has 25 heavy (non-hydrogen) atoms. The summed E-state index contributed by atoms with van der Waals surface area (Å²) in [6, 6.07) is 18.3. The van der Waals surface area contributed by atoms with E-state index in [-0.39, 0.29) is 5.97 Å². The van der Waals surface area contributed by atoms with Gasteiger partial charge in [0.05, 0.1) is 12.2 Å². The number of esters is 1. The van der Waals surface area contributed by atoms with Crippen molar-refractivity contribution in [2.45, 2.75) is 39.5 Å². The van der Waals surface area contributed by atoms with E-state index in [0.717, 1.165) is 29.0 Å². The molecule has 1 atom stereocenters. The molecule has 0 aliphatic carbocycles. The molecule has 1 unspecified atom stereocenters. The van der Waals surface area contributed by atoms with Gasteiger partial charge in [-0.1, -0.05) is 69.5 Å². The molecule has 0 N–H and O–H groups in total. The van der Waals surface area contributed by atoms with Crippen LogP contribution in [0.1, 0.15) is 49.9 Å². The first kappa shape index (κ1) is 17.5. The van der Waals surface area contributed by atoms with Gasteiger partial charge in [-0.15, -0.1) is 0 Å². The van der Waals surface area contributed by atoms with Crippen LogP contribution in [0.15, 0.2) is 54.6 Å². The fourth-order valence-corrected chi connectivity index (χ4v) is 3.31. The van der Waals surface area contributed by atoms with Gasteiger partial charge in [-0.3, -0.25) is 0 Å². The van der Waals surface area contributed by atoms with E-state index >= 15 is 0 Å². The Morgan fingerprint density at radius 2 is 1.68 bits per heavy atom. The number of hydrogen-bond acceptors (Lipinski definition) is 2. The standard InChI is InChI=1S/C23H26O2/c1-3-5-9-17(4-2)16-25-23(24)21-13-8-12-20-14-18-10-6-7-11-19(18)15-22(20)21/h6-8,10-15,17H,3-5,9,16H2,1-2H3. The van der Waals surface area contributed by atoms with Crippen molar-refractivity contribution in [3.8, 4) is 0 Å². The van der Waals surface area contributed by atoms with Gasteiger partial charge >= 0.3 is 5.97 Å². The number of fused-ring (bicyclic) bond motifs is 2. The average molecular weight is 334 g/mol. The SMILES string of the molecule is CCCCC(CC)COC(=O)c1cccc2cc3ccccc3cc12. The predicted molar refractivity (Wildman–Crippen MR) is 105 cm³/mol. The summed E-state index contributed by atoms with van der Waals surface area (Å²) in [4.78, 5) is 12.7. The molecular formula is C23H26O2. The molecule has 0 fully saturated rings. The Morgan fingerprint density at radius 3 is 2.40 bits per heavy atom. The lowest BCUT2D eigenvalue weighted by atomic mass is 9.99. The Labute approximate surface area is 149 Å². The Hall–Kier alpha value is -2.35. The van der Waals surface area contributed by atoms with E-state index in [1.165, 1.54) is 18.2 Å². The highest BCUT2D eigenvalue weighted by Gasteiger charge is 2.14. The molecule has 0 aliphatic heterocycles. The number of rotatable bonds is 7. The highest BCUT2D eigenvalue weighted by atomic mass is 16.5. The fraction of sp³-hybridized carbons (Fsp3) is 0.348. The van der Waals surface area contributed by atoms with Crippen molar-refractivity contribution >= 4 is 27.5 Å². The second-order valence-corrected chi connectivity index (χ2v) is 6.74. The van der Waals surface area contributed by atoms with Gasteiger partial charge in [-0.25, -0.2) is 4.79 Å². The zero-order chi connectivity index (χ0) is 17.6. The summed E-state index contributed by atoms with van der Waals surface area (Å²) in [5.74, 6) is 0.246. The fourth-order valence-electron chi connectivity index (χ4n) is 3.31. The van der Waals surface area contributed by atoms with Crippen LogP contribution in [0, 0.1) is 5.92 Å². The summed E-state index contributed by atoms with van der Waals surface area (Å²) in [5.41, 5.74) is 0.661. The molecular weight excluding hydrogens is 308 g/mol. The molecule has 0 aliphatic rings. The Bertz CT molecular complexity index is 866. The van der Waals surface area contributed by atoms with Crippen molar-refractivity contribution in [1.82, 2.24) is 0 Å². The maximum atomic E-state index is 12.7. The van der Waals surface area contributed by atoms with Crippen LogP contribution in [0.3, 0.4) is 0 Å². The molecule has 0 heterocycles. The molecule has 0 bridgehead atoms. The zero-order valence-corrected chi connectivity index (χ0v) is 15.1. The lowest BCUT2D eigenvalue weighted by Crippen LogP contribution is -2.14. The lowest BCUT2D eigenvalue weighted by Gasteiger charge is -2.15. The molecule has 3 aromatic rings. The molecule has 0 saturated carbocycles. The van der Waals surface area contributed by atoms with Gasteiger partial charge in [0.2, 0.25) is 0 Å². The summed E-state index contributed by atoms with van der Waals surface area (Å²) < 4.78 is 5.66. The van der Waals surface area contributed by atoms with Crippen LogP contribution in [0.4, 0.5) is 0 Å². The van der Waals surface area contributed by atoms with Gasteiger partial charge in [0.25, 0.3) is 0 Å². The monoisotopic (exact) mass is 334 g/mol. The third kappa shape index (κ3) is 4.01. The average Bonchev–Trinajstić information content (AvgIpc) is 2.65. The summed E-state index contributed by atoms with van der Waals surface area (Å²) in [5, 5.41) is 4.37. The van der Waals surface area contributed by atoms with Crippen molar-refractivity contribution in [3.63, 3.8) is 0 Å². The van der Waals surface area contributed by atoms with E-state index < -0.39 is 0 Å². The summed E-state index contributed by atoms with van der Waals surface area (Å²) in [6.45, 7) is 4.87. The number of benzene rings is 3. The summed E-state index contributed by atoms with van der Waals surface area (Å²) >= 11 is 0. The van der Waals surface area contributed by atoms with Crippen LogP contribution in [-0.2, 0) is 4.74 Å². The van der Waals surface area contributed by atoms with E-state index in [1.54, 1.807) is 0 Å². The van der Waals surface area contributed by atoms with Gasteiger partial charge < -0.3 is 4.74 Å². The van der Waals surface area contributed by atoms with Crippen molar-refractivity contribution in [3.05, 3.63) is 60.2 Å². The minimum Gasteiger partial charge on any atom is -0.462 e. The third-order valence-corrected chi connectivity index (χ3v) is 4.96. The molecule has 2 heteroatoms. The third-order valence-electron chi connectivity index (χ3n) is 4.96. The van der Waals surface area contributed by atoms with Gasteiger partial charge in [-0.2, -0.15) is 0 Å². The van der Waals surface area contributed by atoms with Gasteiger partial charge in [0, 0.05) is 0 Å². The number of hydrogen-bond donors (Lipinski definition) is 0. The van der Waals surface area contributed by atoms with Crippen LogP contribution < -0.4 is 0 Å². The predicted octanol–water partition coefficient (Wildman–Crippen LogP) is 6.37. The molecule has 130 valence electrons. The van der Waals surface area contributed by atoms with Gasteiger partial charge in [0.1, 0.15) is 0 Å². The quantitative estimate of drug-likeness (QED) is 0.371. The molecule has 2 nitrogen and oxygen atoms in total. The molecule has 0 spiro atoms. The Balaban J connectivity index is 1.84. The molecule has 0 amide bonds. The van der Waals surface area contributed by atoms with Crippen molar-refractivity contribution in [1.29, 1.82) is 0 Å². The minimum absolute atomic E-state index is 0.212. The molecule has 0 saturated heterocycles. The number of ether oxygens (including phenoxy) is 1. The van der Waals surface area contributed by atoms with Crippen molar-refractivity contribution < 1.29 is 9.53 Å². The van der Waals surface area contributed by atoms with E-state index in [0.29, 0.717) is 18.1 Å².